The van der Waals surface area contributed by atoms with Crippen molar-refractivity contribution in [1.29, 1.82) is 0 Å². The summed E-state index contributed by atoms with van der Waals surface area (Å²) in [7, 11) is 3.23. The van der Waals surface area contributed by atoms with Gasteiger partial charge in [0.2, 0.25) is 0 Å². The minimum atomic E-state index is -0.246. The first-order chi connectivity index (χ1) is 7.13. The van der Waals surface area contributed by atoms with Crippen LogP contribution in [0.15, 0.2) is 24.3 Å². The maximum atomic E-state index is 11.0. The molecule has 0 saturated heterocycles. The number of benzene rings is 1. The van der Waals surface area contributed by atoms with Gasteiger partial charge in [-0.15, -0.1) is 0 Å². The predicted octanol–water partition coefficient (Wildman–Crippen LogP) is 1.94. The van der Waals surface area contributed by atoms with Gasteiger partial charge in [0.25, 0.3) is 0 Å². The summed E-state index contributed by atoms with van der Waals surface area (Å²) in [5.74, 6) is -0.246. The van der Waals surface area contributed by atoms with Gasteiger partial charge >= 0.3 is 5.97 Å². The largest absolute Gasteiger partial charge is 0.468 e. The van der Waals surface area contributed by atoms with Crippen molar-refractivity contribution in [3.05, 3.63) is 34.9 Å². The molecule has 0 aliphatic heterocycles. The van der Waals surface area contributed by atoms with E-state index in [0.717, 1.165) is 5.56 Å². The summed E-state index contributed by atoms with van der Waals surface area (Å²) in [6.07, 6.45) is 0. The fourth-order valence-electron chi connectivity index (χ4n) is 1.26. The van der Waals surface area contributed by atoms with Crippen molar-refractivity contribution in [3.8, 4) is 0 Å². The van der Waals surface area contributed by atoms with E-state index in [9.17, 15) is 4.79 Å². The van der Waals surface area contributed by atoms with Crippen molar-refractivity contribution in [2.75, 3.05) is 20.7 Å². The summed E-state index contributed by atoms with van der Waals surface area (Å²) in [4.78, 5) is 12.9. The average molecular weight is 228 g/mol. The van der Waals surface area contributed by atoms with Gasteiger partial charge in [-0.05, 0) is 18.7 Å². The molecule has 0 N–H and O–H groups in total. The van der Waals surface area contributed by atoms with Crippen LogP contribution >= 0.6 is 11.6 Å². The second kappa shape index (κ2) is 5.73. The first-order valence-corrected chi connectivity index (χ1v) is 5.00. The lowest BCUT2D eigenvalue weighted by Crippen LogP contribution is -2.26. The molecule has 0 aliphatic carbocycles. The molecule has 4 heteroatoms. The van der Waals surface area contributed by atoms with E-state index in [2.05, 4.69) is 4.74 Å². The second-order valence-electron chi connectivity index (χ2n) is 3.34. The molecule has 3 nitrogen and oxygen atoms in total. The number of hydrogen-bond donors (Lipinski definition) is 0. The minimum Gasteiger partial charge on any atom is -0.468 e. The van der Waals surface area contributed by atoms with Crippen LogP contribution in [0.5, 0.6) is 0 Å². The maximum Gasteiger partial charge on any atom is 0.319 e. The monoisotopic (exact) mass is 227 g/mol. The van der Waals surface area contributed by atoms with E-state index in [4.69, 9.17) is 11.6 Å². The molecule has 0 spiro atoms. The number of esters is 1. The first kappa shape index (κ1) is 12.0. The molecule has 0 amide bonds. The molecule has 0 unspecified atom stereocenters. The van der Waals surface area contributed by atoms with E-state index in [1.807, 2.05) is 36.2 Å². The Hall–Kier alpha value is -1.06. The van der Waals surface area contributed by atoms with Crippen molar-refractivity contribution in [2.24, 2.45) is 0 Å². The van der Waals surface area contributed by atoms with Crippen LogP contribution < -0.4 is 0 Å². The molecule has 1 rings (SSSR count). The van der Waals surface area contributed by atoms with Crippen molar-refractivity contribution in [2.45, 2.75) is 6.54 Å². The van der Waals surface area contributed by atoms with Crippen LogP contribution in [0.25, 0.3) is 0 Å². The number of carbonyl (C=O) groups is 1. The summed E-state index contributed by atoms with van der Waals surface area (Å²) >= 11 is 6.00. The highest BCUT2D eigenvalue weighted by atomic mass is 35.5. The molecule has 0 atom stereocenters. The van der Waals surface area contributed by atoms with Gasteiger partial charge in [-0.2, -0.15) is 0 Å². The van der Waals surface area contributed by atoms with E-state index >= 15 is 0 Å². The highest BCUT2D eigenvalue weighted by Gasteiger charge is 2.08. The van der Waals surface area contributed by atoms with Crippen molar-refractivity contribution in [3.63, 3.8) is 0 Å². The van der Waals surface area contributed by atoms with Gasteiger partial charge in [0.1, 0.15) is 0 Å². The van der Waals surface area contributed by atoms with Gasteiger partial charge in [-0.3, -0.25) is 9.69 Å². The summed E-state index contributed by atoms with van der Waals surface area (Å²) in [5.41, 5.74) is 1.01. The van der Waals surface area contributed by atoms with Crippen molar-refractivity contribution in [1.82, 2.24) is 4.90 Å². The lowest BCUT2D eigenvalue weighted by atomic mass is 10.2. The minimum absolute atomic E-state index is 0.246. The van der Waals surface area contributed by atoms with Crippen LogP contribution in [0.4, 0.5) is 0 Å². The lowest BCUT2D eigenvalue weighted by molar-refractivity contribution is -0.141. The molecule has 1 aromatic rings. The molecule has 0 bridgehead atoms. The van der Waals surface area contributed by atoms with Crippen LogP contribution in [-0.4, -0.2) is 31.6 Å². The van der Waals surface area contributed by atoms with Crippen LogP contribution in [0, 0.1) is 0 Å². The standard InChI is InChI=1S/C11H14ClNO2/c1-13(8-11(14)15-2)7-9-5-3-4-6-10(9)12/h3-6H,7-8H2,1-2H3. The van der Waals surface area contributed by atoms with Crippen LogP contribution in [0.3, 0.4) is 0 Å². The van der Waals surface area contributed by atoms with Crippen molar-refractivity contribution < 1.29 is 9.53 Å². The Morgan fingerprint density at radius 3 is 2.73 bits per heavy atom. The molecular weight excluding hydrogens is 214 g/mol. The molecule has 0 fully saturated rings. The smallest absolute Gasteiger partial charge is 0.319 e. The summed E-state index contributed by atoms with van der Waals surface area (Å²) < 4.78 is 4.58. The zero-order valence-electron chi connectivity index (χ0n) is 8.87. The topological polar surface area (TPSA) is 29.5 Å². The Bertz CT molecular complexity index is 341. The average Bonchev–Trinajstić information content (AvgIpc) is 2.21. The number of likely N-dealkylation sites (N-methyl/N-ethyl adjacent to an activating group) is 1. The fourth-order valence-corrected chi connectivity index (χ4v) is 1.45. The highest BCUT2D eigenvalue weighted by Crippen LogP contribution is 2.16. The summed E-state index contributed by atoms with van der Waals surface area (Å²) in [6.45, 7) is 0.899. The summed E-state index contributed by atoms with van der Waals surface area (Å²) in [6, 6.07) is 7.58. The molecular formula is C11H14ClNO2. The van der Waals surface area contributed by atoms with Crippen LogP contribution in [0.1, 0.15) is 5.56 Å². The number of rotatable bonds is 4. The third-order valence-corrected chi connectivity index (χ3v) is 2.39. The zero-order valence-corrected chi connectivity index (χ0v) is 9.62. The number of hydrogen-bond acceptors (Lipinski definition) is 3. The number of methoxy groups -OCH3 is 1. The first-order valence-electron chi connectivity index (χ1n) is 4.62. The molecule has 0 aromatic heterocycles. The Morgan fingerprint density at radius 2 is 2.13 bits per heavy atom. The number of halogens is 1. The predicted molar refractivity (Wildman–Crippen MR) is 59.8 cm³/mol. The number of carbonyl (C=O) groups excluding carboxylic acids is 1. The molecule has 15 heavy (non-hydrogen) atoms. The second-order valence-corrected chi connectivity index (χ2v) is 3.75. The highest BCUT2D eigenvalue weighted by molar-refractivity contribution is 6.31. The van der Waals surface area contributed by atoms with Gasteiger partial charge in [0, 0.05) is 11.6 Å². The van der Waals surface area contributed by atoms with E-state index in [1.165, 1.54) is 7.11 Å². The SMILES string of the molecule is COC(=O)CN(C)Cc1ccccc1Cl. The third-order valence-electron chi connectivity index (χ3n) is 2.02. The number of nitrogens with zero attached hydrogens (tertiary/aromatic N) is 1. The zero-order chi connectivity index (χ0) is 11.3. The summed E-state index contributed by atoms with van der Waals surface area (Å²) in [5, 5.41) is 0.717. The van der Waals surface area contributed by atoms with Gasteiger partial charge < -0.3 is 4.74 Å². The quantitative estimate of drug-likeness (QED) is 0.737. The molecule has 0 heterocycles. The van der Waals surface area contributed by atoms with Gasteiger partial charge in [0.05, 0.1) is 13.7 Å². The Morgan fingerprint density at radius 1 is 1.47 bits per heavy atom. The van der Waals surface area contributed by atoms with Crippen molar-refractivity contribution >= 4 is 17.6 Å². The van der Waals surface area contributed by atoms with E-state index in [-0.39, 0.29) is 12.5 Å². The lowest BCUT2D eigenvalue weighted by Gasteiger charge is -2.15. The molecule has 0 aliphatic rings. The molecule has 0 radical (unpaired) electrons. The van der Waals surface area contributed by atoms with Gasteiger partial charge in [-0.1, -0.05) is 29.8 Å². The van der Waals surface area contributed by atoms with E-state index in [0.29, 0.717) is 11.6 Å². The van der Waals surface area contributed by atoms with E-state index < -0.39 is 0 Å². The maximum absolute atomic E-state index is 11.0. The van der Waals surface area contributed by atoms with Gasteiger partial charge in [0.15, 0.2) is 0 Å². The normalized spacial score (nSPS) is 10.4. The fraction of sp³-hybridized carbons (Fsp3) is 0.364. The molecule has 0 saturated carbocycles. The van der Waals surface area contributed by atoms with Crippen LogP contribution in [-0.2, 0) is 16.1 Å². The Balaban J connectivity index is 2.55. The Kier molecular flexibility index (Phi) is 4.59. The van der Waals surface area contributed by atoms with Crippen LogP contribution in [0.2, 0.25) is 5.02 Å². The third kappa shape index (κ3) is 3.90. The molecule has 82 valence electrons. The molecule has 1 aromatic carbocycles. The Labute approximate surface area is 94.6 Å². The number of ether oxygens (including phenoxy) is 1. The van der Waals surface area contributed by atoms with E-state index in [1.54, 1.807) is 0 Å². The van der Waals surface area contributed by atoms with Gasteiger partial charge in [-0.25, -0.2) is 0 Å².